The van der Waals surface area contributed by atoms with Crippen molar-refractivity contribution in [1.82, 2.24) is 10.3 Å². The van der Waals surface area contributed by atoms with E-state index in [0.29, 0.717) is 24.4 Å². The highest BCUT2D eigenvalue weighted by Crippen LogP contribution is 2.51. The maximum atomic E-state index is 14.0. The Morgan fingerprint density at radius 3 is 2.25 bits per heavy atom. The molecule has 1 aromatic heterocycles. The first-order valence-electron chi connectivity index (χ1n) is 15.1. The number of benzene rings is 2. The van der Waals surface area contributed by atoms with E-state index < -0.39 is 56.2 Å². The zero-order chi connectivity index (χ0) is 35.1. The topological polar surface area (TPSA) is 109 Å². The summed E-state index contributed by atoms with van der Waals surface area (Å²) in [5.74, 6) is -0.932. The average molecular weight is 704 g/mol. The van der Waals surface area contributed by atoms with Crippen molar-refractivity contribution in [2.24, 2.45) is 0 Å². The normalized spacial score (nSPS) is 20.6. The number of pyridine rings is 1. The van der Waals surface area contributed by atoms with Gasteiger partial charge in [-0.2, -0.15) is 26.3 Å². The van der Waals surface area contributed by atoms with Crippen LogP contribution in [0.15, 0.2) is 65.7 Å². The molecule has 2 N–H and O–H groups in total. The summed E-state index contributed by atoms with van der Waals surface area (Å²) >= 11 is 0. The highest BCUT2D eigenvalue weighted by atomic mass is 32.2. The van der Waals surface area contributed by atoms with Gasteiger partial charge in [0.2, 0.25) is 11.8 Å². The largest absolute Gasteiger partial charge is 0.481 e. The van der Waals surface area contributed by atoms with Crippen LogP contribution in [0.3, 0.4) is 0 Å². The molecule has 8 nitrogen and oxygen atoms in total. The van der Waals surface area contributed by atoms with Gasteiger partial charge in [-0.15, -0.1) is 0 Å². The van der Waals surface area contributed by atoms with E-state index in [1.165, 1.54) is 7.11 Å². The van der Waals surface area contributed by atoms with Crippen molar-refractivity contribution in [2.45, 2.75) is 85.8 Å². The number of nitrogens with zero attached hydrogens (tertiary/aromatic N) is 2. The molecule has 1 aliphatic carbocycles. The van der Waals surface area contributed by atoms with Gasteiger partial charge in [-0.05, 0) is 67.1 Å². The smallest absolute Gasteiger partial charge is 0.430 e. The summed E-state index contributed by atoms with van der Waals surface area (Å²) < 4.78 is 129. The quantitative estimate of drug-likeness (QED) is 0.268. The van der Waals surface area contributed by atoms with E-state index in [9.17, 15) is 49.1 Å². The second-order valence-electron chi connectivity index (χ2n) is 11.9. The molecule has 1 aliphatic heterocycles. The van der Waals surface area contributed by atoms with Crippen LogP contribution in [0.1, 0.15) is 61.1 Å². The first-order chi connectivity index (χ1) is 22.5. The predicted molar refractivity (Wildman–Crippen MR) is 159 cm³/mol. The molecule has 0 radical (unpaired) electrons. The molecule has 3 atom stereocenters. The number of ether oxygens (including phenoxy) is 1. The van der Waals surface area contributed by atoms with Gasteiger partial charge in [0.1, 0.15) is 5.82 Å². The second kappa shape index (κ2) is 13.2. The minimum Gasteiger partial charge on any atom is -0.481 e. The van der Waals surface area contributed by atoms with Crippen molar-refractivity contribution in [3.8, 4) is 5.88 Å². The predicted octanol–water partition coefficient (Wildman–Crippen LogP) is 6.28. The van der Waals surface area contributed by atoms with Crippen LogP contribution in [0.25, 0.3) is 0 Å². The van der Waals surface area contributed by atoms with Crippen LogP contribution in [0.5, 0.6) is 5.88 Å². The molecule has 16 heteroatoms. The van der Waals surface area contributed by atoms with Crippen molar-refractivity contribution in [3.63, 3.8) is 0 Å². The first kappa shape index (κ1) is 35.4. The van der Waals surface area contributed by atoms with E-state index in [1.807, 2.05) is 6.07 Å². The van der Waals surface area contributed by atoms with E-state index in [1.54, 1.807) is 12.3 Å². The number of aliphatic hydroxyl groups is 1. The van der Waals surface area contributed by atoms with Gasteiger partial charge in [0, 0.05) is 36.2 Å². The maximum Gasteiger partial charge on any atom is 0.430 e. The standard InChI is InChI=1S/C32H32F7N3O5S/c1-47-29-15-7-20(18-40-29)25-4-2-3-5-26(25)41-28(43)17-23-11-6-19-16-21(30(44,31(34,35)36)32(37,38)39)8-14-27(19)42(23)48(45,46)24-12-9-22(33)10-13-24/h7-10,12-16,18,23,25-26,44H,2-6,11,17H2,1H3,(H,41,43)/t23-,25-,26-/m0/s1. The third-order valence-electron chi connectivity index (χ3n) is 8.93. The number of carbonyl (C=O) groups excluding carboxylic acids is 1. The summed E-state index contributed by atoms with van der Waals surface area (Å²) in [7, 11) is -3.14. The molecule has 2 aromatic carbocycles. The van der Waals surface area contributed by atoms with Gasteiger partial charge in [-0.3, -0.25) is 9.10 Å². The van der Waals surface area contributed by atoms with Crippen molar-refractivity contribution in [3.05, 3.63) is 83.3 Å². The van der Waals surface area contributed by atoms with Gasteiger partial charge in [-0.1, -0.05) is 31.0 Å². The molecule has 5 rings (SSSR count). The monoisotopic (exact) mass is 703 g/mol. The van der Waals surface area contributed by atoms with E-state index in [-0.39, 0.29) is 42.5 Å². The van der Waals surface area contributed by atoms with Crippen molar-refractivity contribution in [1.29, 1.82) is 0 Å². The van der Waals surface area contributed by atoms with Crippen LogP contribution >= 0.6 is 0 Å². The molecule has 260 valence electrons. The van der Waals surface area contributed by atoms with E-state index in [0.717, 1.165) is 59.5 Å². The molecule has 2 heterocycles. The van der Waals surface area contributed by atoms with Crippen LogP contribution in [0, 0.1) is 5.82 Å². The number of amides is 1. The molecular formula is C32H32F7N3O5S. The molecule has 0 saturated heterocycles. The lowest BCUT2D eigenvalue weighted by atomic mass is 9.80. The number of anilines is 1. The van der Waals surface area contributed by atoms with Gasteiger partial charge in [0.15, 0.2) is 0 Å². The van der Waals surface area contributed by atoms with Gasteiger partial charge < -0.3 is 15.2 Å². The summed E-state index contributed by atoms with van der Waals surface area (Å²) in [5, 5.41) is 13.0. The summed E-state index contributed by atoms with van der Waals surface area (Å²) in [6.07, 6.45) is -8.24. The lowest BCUT2D eigenvalue weighted by Crippen LogP contribution is -2.54. The summed E-state index contributed by atoms with van der Waals surface area (Å²) in [6.45, 7) is 0. The lowest BCUT2D eigenvalue weighted by Gasteiger charge is -2.39. The molecule has 1 amide bonds. The van der Waals surface area contributed by atoms with Gasteiger partial charge >= 0.3 is 12.4 Å². The lowest BCUT2D eigenvalue weighted by molar-refractivity contribution is -0.376. The highest BCUT2D eigenvalue weighted by Gasteiger charge is 2.71. The fourth-order valence-electron chi connectivity index (χ4n) is 6.49. The number of nitrogens with one attached hydrogen (secondary N) is 1. The van der Waals surface area contributed by atoms with Crippen LogP contribution in [0.4, 0.5) is 36.4 Å². The minimum absolute atomic E-state index is 0.0910. The van der Waals surface area contributed by atoms with Gasteiger partial charge in [0.05, 0.1) is 23.7 Å². The Balaban J connectivity index is 1.48. The van der Waals surface area contributed by atoms with Crippen molar-refractivity contribution in [2.75, 3.05) is 11.4 Å². The minimum atomic E-state index is -6.15. The Bertz CT molecular complexity index is 1720. The number of methoxy groups -OCH3 is 1. The molecule has 48 heavy (non-hydrogen) atoms. The van der Waals surface area contributed by atoms with Gasteiger partial charge in [-0.25, -0.2) is 17.8 Å². The Hall–Kier alpha value is -3.92. The third-order valence-corrected chi connectivity index (χ3v) is 10.8. The van der Waals surface area contributed by atoms with E-state index in [4.69, 9.17) is 4.74 Å². The summed E-state index contributed by atoms with van der Waals surface area (Å²) in [4.78, 5) is 17.4. The Kier molecular flexibility index (Phi) is 9.72. The molecule has 1 fully saturated rings. The fourth-order valence-corrected chi connectivity index (χ4v) is 8.21. The van der Waals surface area contributed by atoms with Crippen LogP contribution < -0.4 is 14.4 Å². The third kappa shape index (κ3) is 6.68. The molecular weight excluding hydrogens is 671 g/mol. The number of hydrogen-bond acceptors (Lipinski definition) is 6. The van der Waals surface area contributed by atoms with E-state index in [2.05, 4.69) is 10.3 Å². The number of alkyl halides is 6. The van der Waals surface area contributed by atoms with Crippen LogP contribution in [-0.4, -0.2) is 56.0 Å². The molecule has 2 aliphatic rings. The zero-order valence-electron chi connectivity index (χ0n) is 25.5. The highest BCUT2D eigenvalue weighted by molar-refractivity contribution is 7.92. The Labute approximate surface area is 272 Å². The number of sulfonamides is 1. The average Bonchev–Trinajstić information content (AvgIpc) is 3.03. The number of hydrogen-bond donors (Lipinski definition) is 2. The number of fused-ring (bicyclic) bond motifs is 1. The molecule has 1 saturated carbocycles. The molecule has 3 aromatic rings. The number of halogens is 7. The van der Waals surface area contributed by atoms with Crippen molar-refractivity contribution < 1.29 is 53.8 Å². The number of carbonyl (C=O) groups is 1. The molecule has 0 unspecified atom stereocenters. The summed E-state index contributed by atoms with van der Waals surface area (Å²) in [5.41, 5.74) is -6.36. The van der Waals surface area contributed by atoms with Crippen LogP contribution in [-0.2, 0) is 26.8 Å². The SMILES string of the molecule is COc1ccc([C@@H]2CCCC[C@@H]2NC(=O)C[C@@H]2CCc3cc(C(O)(C(F)(F)F)C(F)(F)F)ccc3N2S(=O)(=O)c2ccc(F)cc2)cn1. The molecule has 0 bridgehead atoms. The van der Waals surface area contributed by atoms with Gasteiger partial charge in [0.25, 0.3) is 15.6 Å². The maximum absolute atomic E-state index is 14.0. The number of aromatic nitrogens is 1. The molecule has 0 spiro atoms. The second-order valence-corrected chi connectivity index (χ2v) is 13.7. The fraction of sp³-hybridized carbons (Fsp3) is 0.438. The number of rotatable bonds is 8. The van der Waals surface area contributed by atoms with Crippen molar-refractivity contribution >= 4 is 21.6 Å². The Morgan fingerprint density at radius 1 is 0.979 bits per heavy atom. The zero-order valence-corrected chi connectivity index (χ0v) is 26.3. The summed E-state index contributed by atoms with van der Waals surface area (Å²) in [6, 6.07) is 7.43. The first-order valence-corrected chi connectivity index (χ1v) is 16.5. The number of aryl methyl sites for hydroxylation is 1. The van der Waals surface area contributed by atoms with Crippen LogP contribution in [0.2, 0.25) is 0 Å². The van der Waals surface area contributed by atoms with E-state index >= 15 is 0 Å². The Morgan fingerprint density at radius 2 is 1.65 bits per heavy atom.